The highest BCUT2D eigenvalue weighted by Crippen LogP contribution is 2.41. The molecule has 1 aromatic heterocycles. The molecule has 162 valence electrons. The highest BCUT2D eigenvalue weighted by atomic mass is 16.5. The molecule has 0 spiro atoms. The lowest BCUT2D eigenvalue weighted by Crippen LogP contribution is -2.31. The number of amides is 1. The van der Waals surface area contributed by atoms with Crippen molar-refractivity contribution in [2.45, 2.75) is 13.0 Å². The molecule has 32 heavy (non-hydrogen) atoms. The molecule has 2 heterocycles. The van der Waals surface area contributed by atoms with Gasteiger partial charge in [-0.2, -0.15) is 0 Å². The Morgan fingerprint density at radius 2 is 1.69 bits per heavy atom. The zero-order chi connectivity index (χ0) is 22.8. The second kappa shape index (κ2) is 8.55. The van der Waals surface area contributed by atoms with E-state index in [2.05, 4.69) is 0 Å². The third kappa shape index (κ3) is 3.58. The number of anilines is 1. The lowest BCUT2D eigenvalue weighted by Gasteiger charge is -2.27. The number of hydrogen-bond acceptors (Lipinski definition) is 5. The van der Waals surface area contributed by atoms with E-state index in [0.29, 0.717) is 22.5 Å². The summed E-state index contributed by atoms with van der Waals surface area (Å²) in [6, 6.07) is 17.9. The predicted molar refractivity (Wildman–Crippen MR) is 118 cm³/mol. The Hall–Kier alpha value is -4.13. The fourth-order valence-corrected chi connectivity index (χ4v) is 3.86. The summed E-state index contributed by atoms with van der Waals surface area (Å²) >= 11 is 0. The molecule has 0 saturated heterocycles. The lowest BCUT2D eigenvalue weighted by atomic mass is 9.94. The molecular weight excluding hydrogens is 408 g/mol. The summed E-state index contributed by atoms with van der Waals surface area (Å²) in [6.07, 6.45) is 1.73. The van der Waals surface area contributed by atoms with Crippen LogP contribution in [0.15, 0.2) is 84.3 Å². The number of Topliss-reactive ketones (excluding diaryl/α,β-unsaturated/α-hetero) is 1. The van der Waals surface area contributed by atoms with E-state index in [1.165, 1.54) is 4.90 Å². The standard InChI is InChI=1S/C25H22N2O5/c1-3-32-25(31)17-11-13-18(14-12-17)27-21(16-8-5-4-6-9-16)20(23(29)24(27)30)22(28)19-10-7-15-26(19)2/h4-15,21,29H,3H2,1-2H3. The van der Waals surface area contributed by atoms with Crippen molar-refractivity contribution in [1.29, 1.82) is 0 Å². The minimum atomic E-state index is -0.820. The number of ether oxygens (including phenoxy) is 1. The Morgan fingerprint density at radius 1 is 1.00 bits per heavy atom. The monoisotopic (exact) mass is 430 g/mol. The van der Waals surface area contributed by atoms with Gasteiger partial charge in [0.15, 0.2) is 5.76 Å². The third-order valence-electron chi connectivity index (χ3n) is 5.40. The van der Waals surface area contributed by atoms with Crippen molar-refractivity contribution < 1.29 is 24.2 Å². The van der Waals surface area contributed by atoms with Crippen LogP contribution in [-0.4, -0.2) is 33.9 Å². The van der Waals surface area contributed by atoms with E-state index in [1.807, 2.05) is 18.2 Å². The molecule has 7 heteroatoms. The molecule has 1 amide bonds. The molecule has 0 saturated carbocycles. The van der Waals surface area contributed by atoms with Crippen LogP contribution in [0.5, 0.6) is 0 Å². The van der Waals surface area contributed by atoms with Crippen molar-refractivity contribution in [2.75, 3.05) is 11.5 Å². The van der Waals surface area contributed by atoms with Crippen LogP contribution in [0.4, 0.5) is 5.69 Å². The van der Waals surface area contributed by atoms with Gasteiger partial charge in [0.05, 0.1) is 29.5 Å². The molecule has 1 N–H and O–H groups in total. The summed E-state index contributed by atoms with van der Waals surface area (Å²) in [5, 5.41) is 10.8. The molecule has 1 atom stereocenters. The summed E-state index contributed by atoms with van der Waals surface area (Å²) in [5.41, 5.74) is 1.84. The van der Waals surface area contributed by atoms with Crippen LogP contribution in [-0.2, 0) is 16.6 Å². The fraction of sp³-hybridized carbons (Fsp3) is 0.160. The third-order valence-corrected chi connectivity index (χ3v) is 5.40. The first-order chi connectivity index (χ1) is 15.4. The molecule has 0 bridgehead atoms. The average molecular weight is 430 g/mol. The molecule has 1 aliphatic heterocycles. The number of aliphatic hydroxyl groups is 1. The Labute approximate surface area is 185 Å². The second-order valence-corrected chi connectivity index (χ2v) is 7.35. The van der Waals surface area contributed by atoms with E-state index in [9.17, 15) is 19.5 Å². The molecule has 0 radical (unpaired) electrons. The van der Waals surface area contributed by atoms with Crippen LogP contribution in [0.3, 0.4) is 0 Å². The van der Waals surface area contributed by atoms with Crippen LogP contribution in [0.25, 0.3) is 0 Å². The SMILES string of the molecule is CCOC(=O)c1ccc(N2C(=O)C(O)=C(C(=O)c3cccn3C)C2c2ccccc2)cc1. The van der Waals surface area contributed by atoms with Crippen molar-refractivity contribution in [3.05, 3.63) is 101 Å². The largest absolute Gasteiger partial charge is 0.503 e. The molecule has 1 unspecified atom stereocenters. The maximum atomic E-state index is 13.4. The average Bonchev–Trinajstić information content (AvgIpc) is 3.35. The van der Waals surface area contributed by atoms with Gasteiger partial charge in [0, 0.05) is 18.9 Å². The topological polar surface area (TPSA) is 88.8 Å². The maximum absolute atomic E-state index is 13.4. The highest BCUT2D eigenvalue weighted by Gasteiger charge is 2.45. The van der Waals surface area contributed by atoms with Crippen molar-refractivity contribution in [1.82, 2.24) is 4.57 Å². The van der Waals surface area contributed by atoms with Gasteiger partial charge in [-0.25, -0.2) is 4.79 Å². The summed E-state index contributed by atoms with van der Waals surface area (Å²) in [6.45, 7) is 1.98. The molecule has 2 aromatic carbocycles. The van der Waals surface area contributed by atoms with Crippen molar-refractivity contribution in [3.63, 3.8) is 0 Å². The molecule has 7 nitrogen and oxygen atoms in total. The first-order valence-corrected chi connectivity index (χ1v) is 10.2. The first-order valence-electron chi connectivity index (χ1n) is 10.2. The predicted octanol–water partition coefficient (Wildman–Crippen LogP) is 3.98. The van der Waals surface area contributed by atoms with Crippen LogP contribution in [0, 0.1) is 0 Å². The Balaban J connectivity index is 1.79. The van der Waals surface area contributed by atoms with Crippen molar-refractivity contribution in [3.8, 4) is 0 Å². The number of ketones is 1. The Bertz CT molecular complexity index is 1210. The van der Waals surface area contributed by atoms with E-state index in [-0.39, 0.29) is 12.2 Å². The molecule has 1 aliphatic rings. The number of aryl methyl sites for hydroxylation is 1. The van der Waals surface area contributed by atoms with Gasteiger partial charge >= 0.3 is 5.97 Å². The van der Waals surface area contributed by atoms with Crippen LogP contribution >= 0.6 is 0 Å². The molecule has 0 aliphatic carbocycles. The number of nitrogens with zero attached hydrogens (tertiary/aromatic N) is 2. The Kier molecular flexibility index (Phi) is 5.64. The van der Waals surface area contributed by atoms with E-state index >= 15 is 0 Å². The van der Waals surface area contributed by atoms with Crippen LogP contribution in [0.1, 0.15) is 39.4 Å². The normalized spacial score (nSPS) is 15.9. The summed E-state index contributed by atoms with van der Waals surface area (Å²) in [4.78, 5) is 39.9. The first kappa shape index (κ1) is 21.1. The minimum Gasteiger partial charge on any atom is -0.503 e. The Morgan fingerprint density at radius 3 is 2.28 bits per heavy atom. The van der Waals surface area contributed by atoms with E-state index in [4.69, 9.17) is 4.74 Å². The summed E-state index contributed by atoms with van der Waals surface area (Å²) in [7, 11) is 1.73. The van der Waals surface area contributed by atoms with Gasteiger partial charge < -0.3 is 14.4 Å². The summed E-state index contributed by atoms with van der Waals surface area (Å²) < 4.78 is 6.65. The van der Waals surface area contributed by atoms with Gasteiger partial charge in [-0.15, -0.1) is 0 Å². The maximum Gasteiger partial charge on any atom is 0.338 e. The van der Waals surface area contributed by atoms with Crippen molar-refractivity contribution in [2.24, 2.45) is 7.05 Å². The van der Waals surface area contributed by atoms with Crippen molar-refractivity contribution >= 4 is 23.3 Å². The number of aromatic nitrogens is 1. The van der Waals surface area contributed by atoms with Gasteiger partial charge in [0.25, 0.3) is 5.91 Å². The second-order valence-electron chi connectivity index (χ2n) is 7.35. The quantitative estimate of drug-likeness (QED) is 0.472. The smallest absolute Gasteiger partial charge is 0.338 e. The van der Waals surface area contributed by atoms with Gasteiger partial charge in [-0.05, 0) is 48.9 Å². The van der Waals surface area contributed by atoms with Gasteiger partial charge in [0.1, 0.15) is 0 Å². The minimum absolute atomic E-state index is 0.0115. The molecule has 4 rings (SSSR count). The van der Waals surface area contributed by atoms with Crippen LogP contribution < -0.4 is 4.90 Å². The van der Waals surface area contributed by atoms with E-state index in [0.717, 1.165) is 0 Å². The van der Waals surface area contributed by atoms with E-state index in [1.54, 1.807) is 73.3 Å². The molecule has 0 fully saturated rings. The highest BCUT2D eigenvalue weighted by molar-refractivity contribution is 6.20. The van der Waals surface area contributed by atoms with Crippen LogP contribution in [0.2, 0.25) is 0 Å². The number of carbonyl (C=O) groups is 3. The molecule has 3 aromatic rings. The number of esters is 1. The number of benzene rings is 2. The number of aliphatic hydroxyl groups excluding tert-OH is 1. The zero-order valence-electron chi connectivity index (χ0n) is 17.7. The zero-order valence-corrected chi connectivity index (χ0v) is 17.7. The van der Waals surface area contributed by atoms with E-state index < -0.39 is 29.5 Å². The van der Waals surface area contributed by atoms with Gasteiger partial charge in [-0.3, -0.25) is 14.5 Å². The number of hydrogen-bond donors (Lipinski definition) is 1. The summed E-state index contributed by atoms with van der Waals surface area (Å²) in [5.74, 6) is -2.16. The number of rotatable bonds is 6. The lowest BCUT2D eigenvalue weighted by molar-refractivity contribution is -0.117. The molecular formula is C25H22N2O5. The number of carbonyl (C=O) groups excluding carboxylic acids is 3. The fourth-order valence-electron chi connectivity index (χ4n) is 3.86. The van der Waals surface area contributed by atoms with Gasteiger partial charge in [0.2, 0.25) is 5.78 Å². The van der Waals surface area contributed by atoms with Gasteiger partial charge in [-0.1, -0.05) is 30.3 Å².